The molecule has 12 nitrogen and oxygen atoms in total. The molecule has 49 heavy (non-hydrogen) atoms. The molecule has 0 unspecified atom stereocenters. The van der Waals surface area contributed by atoms with Crippen LogP contribution >= 0.6 is 34.8 Å². The Labute approximate surface area is 296 Å². The Balaban J connectivity index is 0.000000187. The predicted molar refractivity (Wildman–Crippen MR) is 184 cm³/mol. The summed E-state index contributed by atoms with van der Waals surface area (Å²) in [4.78, 5) is 58.6. The van der Waals surface area contributed by atoms with Gasteiger partial charge >= 0.3 is 23.9 Å². The van der Waals surface area contributed by atoms with Gasteiger partial charge in [-0.3, -0.25) is 14.4 Å². The number of rotatable bonds is 2. The summed E-state index contributed by atoms with van der Waals surface area (Å²) in [5.41, 5.74) is 6.90. The number of nitrogens with one attached hydrogen (secondary N) is 2. The lowest BCUT2D eigenvalue weighted by molar-refractivity contribution is -0.231. The number of ether oxygens (including phenoxy) is 4. The van der Waals surface area contributed by atoms with Crippen LogP contribution in [0, 0.1) is 6.08 Å². The van der Waals surface area contributed by atoms with Crippen LogP contribution in [0.15, 0.2) is 100 Å². The summed E-state index contributed by atoms with van der Waals surface area (Å²) in [5, 5.41) is 5.01. The minimum Gasteiger partial charge on any atom is -0.423 e. The van der Waals surface area contributed by atoms with E-state index in [2.05, 4.69) is 25.9 Å². The highest BCUT2D eigenvalue weighted by molar-refractivity contribution is 6.35. The number of H-pyrrole nitrogens is 1. The van der Waals surface area contributed by atoms with Gasteiger partial charge in [-0.05, 0) is 24.3 Å². The van der Waals surface area contributed by atoms with Crippen molar-refractivity contribution >= 4 is 75.3 Å². The molecule has 0 saturated carbocycles. The molecule has 0 bridgehead atoms. The highest BCUT2D eigenvalue weighted by Crippen LogP contribution is 2.25. The van der Waals surface area contributed by atoms with Gasteiger partial charge in [0.15, 0.2) is 16.0 Å². The number of hydrogen-bond acceptors (Lipinski definition) is 11. The topological polar surface area (TPSA) is 176 Å². The van der Waals surface area contributed by atoms with Gasteiger partial charge in [0, 0.05) is 69.2 Å². The van der Waals surface area contributed by atoms with Gasteiger partial charge in [0.25, 0.3) is 11.6 Å². The molecule has 256 valence electrons. The van der Waals surface area contributed by atoms with Crippen LogP contribution < -0.4 is 16.5 Å². The Morgan fingerprint density at radius 1 is 0.816 bits per heavy atom. The molecule has 2 aliphatic heterocycles. The van der Waals surface area contributed by atoms with E-state index < -0.39 is 35.5 Å². The Morgan fingerprint density at radius 2 is 1.41 bits per heavy atom. The van der Waals surface area contributed by atoms with Crippen LogP contribution in [0.4, 0.5) is 5.69 Å². The van der Waals surface area contributed by atoms with Crippen LogP contribution in [-0.4, -0.2) is 40.4 Å². The molecule has 0 atom stereocenters. The second-order valence-corrected chi connectivity index (χ2v) is 12.0. The molecular weight excluding hydrogens is 701 g/mol. The quantitative estimate of drug-likeness (QED) is 0.0901. The zero-order valence-electron chi connectivity index (χ0n) is 26.6. The van der Waals surface area contributed by atoms with Crippen molar-refractivity contribution in [3.8, 4) is 0 Å². The number of aromatic nitrogens is 1. The van der Waals surface area contributed by atoms with Crippen LogP contribution in [0.1, 0.15) is 34.1 Å². The molecule has 0 radical (unpaired) electrons. The molecule has 0 amide bonds. The summed E-state index contributed by atoms with van der Waals surface area (Å²) in [6, 6.07) is 13.7. The molecule has 2 saturated heterocycles. The maximum atomic E-state index is 11.7. The van der Waals surface area contributed by atoms with Crippen molar-refractivity contribution in [2.24, 2.45) is 5.73 Å². The fraction of sp³-hybridized carbons (Fsp3) is 0.206. The number of para-hydroxylation sites is 2. The SMILES string of the molecule is CC1(C)OC(=O)C(=CNc2ccccc2Cl)C(=O)O1.CC1(C)OC(=O)CC(=O)O1.NC1=[C+]C=CC=C1Cl.O=c1cc[nH]c2c(Cl)cccc12. The lowest BCUT2D eigenvalue weighted by Gasteiger charge is -2.29. The molecule has 15 heteroatoms. The number of esters is 4. The highest BCUT2D eigenvalue weighted by atomic mass is 35.5. The lowest BCUT2D eigenvalue weighted by atomic mass is 10.2. The fourth-order valence-corrected chi connectivity index (χ4v) is 4.41. The number of aromatic amines is 1. The van der Waals surface area contributed by atoms with E-state index in [1.54, 1.807) is 66.9 Å². The van der Waals surface area contributed by atoms with Gasteiger partial charge in [0.2, 0.25) is 5.70 Å². The van der Waals surface area contributed by atoms with Crippen molar-refractivity contribution in [1.82, 2.24) is 4.98 Å². The first-order chi connectivity index (χ1) is 23.0. The van der Waals surface area contributed by atoms with E-state index in [1.807, 2.05) is 0 Å². The van der Waals surface area contributed by atoms with Crippen molar-refractivity contribution in [1.29, 1.82) is 0 Å². The van der Waals surface area contributed by atoms with Gasteiger partial charge in [-0.1, -0.05) is 41.4 Å². The average molecular weight is 732 g/mol. The zero-order chi connectivity index (χ0) is 36.4. The second kappa shape index (κ2) is 16.8. The first kappa shape index (κ1) is 38.3. The molecule has 6 rings (SSSR count). The Hall–Kier alpha value is -5.13. The zero-order valence-corrected chi connectivity index (χ0v) is 28.9. The van der Waals surface area contributed by atoms with Gasteiger partial charge in [0.1, 0.15) is 12.5 Å². The summed E-state index contributed by atoms with van der Waals surface area (Å²) < 4.78 is 19.2. The Bertz CT molecular complexity index is 1870. The van der Waals surface area contributed by atoms with E-state index in [1.165, 1.54) is 40.0 Å². The minimum atomic E-state index is -1.24. The summed E-state index contributed by atoms with van der Waals surface area (Å²) in [6.45, 7) is 6.01. The number of carbonyl (C=O) groups is 4. The second-order valence-electron chi connectivity index (χ2n) is 10.8. The number of halogens is 3. The number of hydrogen-bond donors (Lipinski definition) is 3. The third kappa shape index (κ3) is 11.8. The van der Waals surface area contributed by atoms with Crippen molar-refractivity contribution in [2.45, 2.75) is 45.7 Å². The molecule has 1 aromatic heterocycles. The third-order valence-electron chi connectivity index (χ3n) is 5.95. The Kier molecular flexibility index (Phi) is 13.1. The number of allylic oxidation sites excluding steroid dienone is 5. The first-order valence-corrected chi connectivity index (χ1v) is 15.4. The van der Waals surface area contributed by atoms with Crippen molar-refractivity contribution in [2.75, 3.05) is 5.32 Å². The normalized spacial score (nSPS) is 16.8. The molecular formula is C34H31Cl3N3O9+. The largest absolute Gasteiger partial charge is 0.423 e. The summed E-state index contributed by atoms with van der Waals surface area (Å²) in [6.07, 6.45) is 10.5. The number of pyridine rings is 1. The summed E-state index contributed by atoms with van der Waals surface area (Å²) in [5.74, 6) is -4.84. The van der Waals surface area contributed by atoms with Gasteiger partial charge in [-0.15, -0.1) is 0 Å². The highest BCUT2D eigenvalue weighted by Gasteiger charge is 2.39. The lowest BCUT2D eigenvalue weighted by Crippen LogP contribution is -2.42. The number of fused-ring (bicyclic) bond motifs is 1. The van der Waals surface area contributed by atoms with Crippen molar-refractivity contribution in [3.05, 3.63) is 122 Å². The van der Waals surface area contributed by atoms with Crippen molar-refractivity contribution in [3.63, 3.8) is 0 Å². The predicted octanol–water partition coefficient (Wildman–Crippen LogP) is 6.19. The van der Waals surface area contributed by atoms with E-state index in [0.717, 1.165) is 0 Å². The van der Waals surface area contributed by atoms with Gasteiger partial charge < -0.3 is 35.0 Å². The molecule has 2 aromatic carbocycles. The van der Waals surface area contributed by atoms with Gasteiger partial charge in [-0.25, -0.2) is 9.59 Å². The summed E-state index contributed by atoms with van der Waals surface area (Å²) >= 11 is 17.3. The van der Waals surface area contributed by atoms with Crippen LogP contribution in [0.5, 0.6) is 0 Å². The molecule has 3 aliphatic rings. The van der Waals surface area contributed by atoms with E-state index in [9.17, 15) is 24.0 Å². The average Bonchev–Trinajstić information content (AvgIpc) is 2.99. The van der Waals surface area contributed by atoms with Crippen LogP contribution in [0.3, 0.4) is 0 Å². The number of anilines is 1. The van der Waals surface area contributed by atoms with E-state index in [4.69, 9.17) is 50.0 Å². The third-order valence-corrected chi connectivity index (χ3v) is 6.92. The van der Waals surface area contributed by atoms with Crippen LogP contribution in [0.25, 0.3) is 10.9 Å². The van der Waals surface area contributed by atoms with E-state index in [-0.39, 0.29) is 17.4 Å². The molecule has 2 fully saturated rings. The smallest absolute Gasteiger partial charge is 0.350 e. The number of carbonyl (C=O) groups excluding carboxylic acids is 4. The molecule has 1 aliphatic carbocycles. The number of cyclic esters (lactones) is 4. The minimum absolute atomic E-state index is 0.00810. The summed E-state index contributed by atoms with van der Waals surface area (Å²) in [7, 11) is 0. The van der Waals surface area contributed by atoms with Gasteiger partial charge in [-0.2, -0.15) is 0 Å². The number of benzene rings is 2. The van der Waals surface area contributed by atoms with E-state index in [0.29, 0.717) is 37.4 Å². The van der Waals surface area contributed by atoms with Crippen molar-refractivity contribution < 1.29 is 38.1 Å². The standard InChI is InChI=1S/C13H12ClNO4.C9H6ClNO.C6H5ClN.C6H8O4/c1-13(2)18-11(16)8(12(17)19-13)7-15-10-6-4-3-5-9(10)14;10-7-3-1-2-6-8(12)4-5-11-9(6)7;7-5-3-1-2-4-6(5)8;1-6(2)9-4(7)3-5(8)10-6/h3-7,15H,1-2H3;1-5H,(H,11,12);1-3H,8H2;3H2,1-2H3/q;;+1;. The fourth-order valence-electron chi connectivity index (χ4n) is 3.86. The molecule has 4 N–H and O–H groups in total. The monoisotopic (exact) mass is 730 g/mol. The van der Waals surface area contributed by atoms with Gasteiger partial charge in [0.05, 0.1) is 33.4 Å². The molecule has 3 aromatic rings. The maximum Gasteiger partial charge on any atom is 0.350 e. The number of nitrogens with two attached hydrogens (primary N) is 1. The molecule has 3 heterocycles. The molecule has 0 spiro atoms. The van der Waals surface area contributed by atoms with Crippen LogP contribution in [0.2, 0.25) is 10.0 Å². The first-order valence-electron chi connectivity index (χ1n) is 14.3. The van der Waals surface area contributed by atoms with Crippen LogP contribution in [-0.2, 0) is 38.1 Å². The van der Waals surface area contributed by atoms with E-state index >= 15 is 0 Å². The maximum absolute atomic E-state index is 11.7. The Morgan fingerprint density at radius 3 is 1.94 bits per heavy atom.